The Labute approximate surface area is 89.9 Å². The number of rotatable bonds is 3. The van der Waals surface area contributed by atoms with Gasteiger partial charge in [0, 0.05) is 18.3 Å². The van der Waals surface area contributed by atoms with Gasteiger partial charge in [0.1, 0.15) is 5.82 Å². The predicted molar refractivity (Wildman–Crippen MR) is 60.7 cm³/mol. The topological polar surface area (TPSA) is 24.1 Å². The second-order valence-corrected chi connectivity index (χ2v) is 4.14. The lowest BCUT2D eigenvalue weighted by molar-refractivity contribution is 0.616. The van der Waals surface area contributed by atoms with Gasteiger partial charge in [0.2, 0.25) is 0 Å². The fraction of sp³-hybridized carbons (Fsp3) is 0.500. The van der Waals surface area contributed by atoms with Crippen LogP contribution in [0.1, 0.15) is 18.4 Å². The van der Waals surface area contributed by atoms with E-state index in [1.54, 1.807) is 19.1 Å². The molecule has 1 aromatic rings. The van der Waals surface area contributed by atoms with Gasteiger partial charge in [0.05, 0.1) is 0 Å². The number of nitrogens with one attached hydrogen (secondary N) is 2. The maximum Gasteiger partial charge on any atom is 0.128 e. The van der Waals surface area contributed by atoms with Gasteiger partial charge in [-0.1, -0.05) is 6.07 Å². The third kappa shape index (κ3) is 2.69. The summed E-state index contributed by atoms with van der Waals surface area (Å²) in [4.78, 5) is 0. The standard InChI is InChI=1S/C12H17FN2/c1-9-4-5-10(7-12(9)13)15-8-11-3-2-6-14-11/h4-5,7,11,14-15H,2-3,6,8H2,1H3. The van der Waals surface area contributed by atoms with Crippen LogP contribution in [0.5, 0.6) is 0 Å². The van der Waals surface area contributed by atoms with Crippen molar-refractivity contribution in [2.45, 2.75) is 25.8 Å². The van der Waals surface area contributed by atoms with Gasteiger partial charge in [0.25, 0.3) is 0 Å². The van der Waals surface area contributed by atoms with Crippen LogP contribution in [0.25, 0.3) is 0 Å². The van der Waals surface area contributed by atoms with Crippen LogP contribution in [0.15, 0.2) is 18.2 Å². The van der Waals surface area contributed by atoms with E-state index in [0.717, 1.165) is 18.8 Å². The number of halogens is 1. The largest absolute Gasteiger partial charge is 0.383 e. The summed E-state index contributed by atoms with van der Waals surface area (Å²) in [5.74, 6) is -0.139. The lowest BCUT2D eigenvalue weighted by atomic mass is 10.2. The molecule has 0 bridgehead atoms. The number of benzene rings is 1. The second-order valence-electron chi connectivity index (χ2n) is 4.14. The molecule has 0 radical (unpaired) electrons. The van der Waals surface area contributed by atoms with E-state index in [0.29, 0.717) is 11.6 Å². The average Bonchev–Trinajstić information content (AvgIpc) is 2.73. The van der Waals surface area contributed by atoms with Crippen LogP contribution in [-0.4, -0.2) is 19.1 Å². The number of anilines is 1. The van der Waals surface area contributed by atoms with Gasteiger partial charge in [-0.2, -0.15) is 0 Å². The molecule has 0 aromatic heterocycles. The molecule has 2 rings (SSSR count). The van der Waals surface area contributed by atoms with Crippen LogP contribution < -0.4 is 10.6 Å². The molecule has 0 saturated carbocycles. The lowest BCUT2D eigenvalue weighted by Crippen LogP contribution is -2.29. The third-order valence-corrected chi connectivity index (χ3v) is 2.89. The molecule has 1 aromatic carbocycles. The molecule has 0 spiro atoms. The number of hydrogen-bond acceptors (Lipinski definition) is 2. The number of aryl methyl sites for hydroxylation is 1. The van der Waals surface area contributed by atoms with Gasteiger partial charge in [-0.05, 0) is 44.0 Å². The fourth-order valence-electron chi connectivity index (χ4n) is 1.87. The summed E-state index contributed by atoms with van der Waals surface area (Å²) < 4.78 is 13.2. The van der Waals surface area contributed by atoms with E-state index in [1.165, 1.54) is 12.8 Å². The van der Waals surface area contributed by atoms with Crippen LogP contribution in [0.2, 0.25) is 0 Å². The van der Waals surface area contributed by atoms with Crippen LogP contribution in [0.4, 0.5) is 10.1 Å². The normalized spacial score (nSPS) is 20.5. The highest BCUT2D eigenvalue weighted by Gasteiger charge is 2.13. The second kappa shape index (κ2) is 4.62. The average molecular weight is 208 g/mol. The predicted octanol–water partition coefficient (Wildman–Crippen LogP) is 2.30. The van der Waals surface area contributed by atoms with Gasteiger partial charge in [-0.3, -0.25) is 0 Å². The van der Waals surface area contributed by atoms with Crippen molar-refractivity contribution in [1.82, 2.24) is 5.32 Å². The van der Waals surface area contributed by atoms with Crippen molar-refractivity contribution in [3.05, 3.63) is 29.6 Å². The molecule has 1 saturated heterocycles. The van der Waals surface area contributed by atoms with Crippen molar-refractivity contribution in [2.24, 2.45) is 0 Å². The summed E-state index contributed by atoms with van der Waals surface area (Å²) in [6, 6.07) is 5.83. The summed E-state index contributed by atoms with van der Waals surface area (Å²) >= 11 is 0. The highest BCUT2D eigenvalue weighted by Crippen LogP contribution is 2.14. The molecule has 1 heterocycles. The van der Waals surface area contributed by atoms with E-state index < -0.39 is 0 Å². The minimum absolute atomic E-state index is 0.139. The van der Waals surface area contributed by atoms with Crippen molar-refractivity contribution in [3.63, 3.8) is 0 Å². The van der Waals surface area contributed by atoms with Crippen molar-refractivity contribution >= 4 is 5.69 Å². The van der Waals surface area contributed by atoms with Crippen molar-refractivity contribution < 1.29 is 4.39 Å². The van der Waals surface area contributed by atoms with Gasteiger partial charge >= 0.3 is 0 Å². The molecule has 15 heavy (non-hydrogen) atoms. The van der Waals surface area contributed by atoms with Crippen molar-refractivity contribution in [3.8, 4) is 0 Å². The van der Waals surface area contributed by atoms with Crippen LogP contribution in [0.3, 0.4) is 0 Å². The molecule has 1 unspecified atom stereocenters. The summed E-state index contributed by atoms with van der Waals surface area (Å²) in [5.41, 5.74) is 1.56. The molecular formula is C12H17FN2. The summed E-state index contributed by atoms with van der Waals surface area (Å²) in [6.07, 6.45) is 2.45. The maximum atomic E-state index is 13.2. The van der Waals surface area contributed by atoms with E-state index in [2.05, 4.69) is 10.6 Å². The molecule has 2 N–H and O–H groups in total. The first-order valence-electron chi connectivity index (χ1n) is 5.49. The molecule has 1 aliphatic rings. The molecule has 0 aliphatic carbocycles. The van der Waals surface area contributed by atoms with Gasteiger partial charge in [-0.25, -0.2) is 4.39 Å². The van der Waals surface area contributed by atoms with Crippen molar-refractivity contribution in [2.75, 3.05) is 18.4 Å². The molecular weight excluding hydrogens is 191 g/mol. The Morgan fingerprint density at radius 2 is 2.40 bits per heavy atom. The zero-order valence-corrected chi connectivity index (χ0v) is 9.02. The Hall–Kier alpha value is -1.09. The minimum atomic E-state index is -0.139. The van der Waals surface area contributed by atoms with Gasteiger partial charge < -0.3 is 10.6 Å². The molecule has 1 fully saturated rings. The van der Waals surface area contributed by atoms with E-state index in [9.17, 15) is 4.39 Å². The smallest absolute Gasteiger partial charge is 0.128 e. The SMILES string of the molecule is Cc1ccc(NCC2CCCN2)cc1F. The Morgan fingerprint density at radius 3 is 3.07 bits per heavy atom. The van der Waals surface area contributed by atoms with E-state index in [1.807, 2.05) is 6.07 Å². The summed E-state index contributed by atoms with van der Waals surface area (Å²) in [5, 5.41) is 6.65. The molecule has 0 amide bonds. The first kappa shape index (κ1) is 10.4. The Bertz CT molecular complexity index is 332. The quantitative estimate of drug-likeness (QED) is 0.796. The Balaban J connectivity index is 1.90. The first-order chi connectivity index (χ1) is 7.25. The van der Waals surface area contributed by atoms with E-state index in [4.69, 9.17) is 0 Å². The third-order valence-electron chi connectivity index (χ3n) is 2.89. The summed E-state index contributed by atoms with van der Waals surface area (Å²) in [6.45, 7) is 3.76. The molecule has 1 aliphatic heterocycles. The molecule has 82 valence electrons. The maximum absolute atomic E-state index is 13.2. The highest BCUT2D eigenvalue weighted by atomic mass is 19.1. The van der Waals surface area contributed by atoms with Gasteiger partial charge in [-0.15, -0.1) is 0 Å². The Morgan fingerprint density at radius 1 is 1.53 bits per heavy atom. The van der Waals surface area contributed by atoms with E-state index in [-0.39, 0.29) is 5.82 Å². The lowest BCUT2D eigenvalue weighted by Gasteiger charge is -2.12. The highest BCUT2D eigenvalue weighted by molar-refractivity contribution is 5.45. The first-order valence-corrected chi connectivity index (χ1v) is 5.49. The monoisotopic (exact) mass is 208 g/mol. The summed E-state index contributed by atoms with van der Waals surface area (Å²) in [7, 11) is 0. The zero-order valence-electron chi connectivity index (χ0n) is 9.02. The van der Waals surface area contributed by atoms with Crippen LogP contribution in [0, 0.1) is 12.7 Å². The molecule has 2 nitrogen and oxygen atoms in total. The van der Waals surface area contributed by atoms with E-state index >= 15 is 0 Å². The molecule has 3 heteroatoms. The van der Waals surface area contributed by atoms with Crippen LogP contribution >= 0.6 is 0 Å². The number of hydrogen-bond donors (Lipinski definition) is 2. The Kier molecular flexibility index (Phi) is 3.21. The fourth-order valence-corrected chi connectivity index (χ4v) is 1.87. The van der Waals surface area contributed by atoms with Crippen molar-refractivity contribution in [1.29, 1.82) is 0 Å². The van der Waals surface area contributed by atoms with Crippen LogP contribution in [-0.2, 0) is 0 Å². The molecule has 1 atom stereocenters. The van der Waals surface area contributed by atoms with Gasteiger partial charge in [0.15, 0.2) is 0 Å². The minimum Gasteiger partial charge on any atom is -0.383 e. The zero-order chi connectivity index (χ0) is 10.7.